The Labute approximate surface area is 125 Å². The number of rotatable bonds is 6. The molecule has 2 atom stereocenters. The highest BCUT2D eigenvalue weighted by Crippen LogP contribution is 2.17. The van der Waals surface area contributed by atoms with Gasteiger partial charge in [0.2, 0.25) is 10.0 Å². The maximum Gasteiger partial charge on any atom is 0.238 e. The fraction of sp³-hybridized carbons (Fsp3) is 0.333. The Morgan fingerprint density at radius 3 is 2.38 bits per heavy atom. The average molecular weight is 308 g/mol. The lowest BCUT2D eigenvalue weighted by atomic mass is 10.1. The van der Waals surface area contributed by atoms with Crippen molar-refractivity contribution in [3.63, 3.8) is 0 Å². The van der Waals surface area contributed by atoms with E-state index < -0.39 is 10.0 Å². The molecule has 21 heavy (non-hydrogen) atoms. The van der Waals surface area contributed by atoms with Crippen LogP contribution in [-0.2, 0) is 16.4 Å². The first kappa shape index (κ1) is 15.8. The van der Waals surface area contributed by atoms with Crippen LogP contribution >= 0.6 is 0 Å². The standard InChI is InChI=1S/C15H20N2O3S/c1-11(10-14-4-3-9-20-14)17-12(2)13-5-7-15(8-6-13)21(16,18)19/h3-9,11-12,17H,10H2,1-2H3,(H2,16,18,19). The zero-order valence-corrected chi connectivity index (χ0v) is 12.9. The van der Waals surface area contributed by atoms with Crippen molar-refractivity contribution in [3.8, 4) is 0 Å². The number of sulfonamides is 1. The largest absolute Gasteiger partial charge is 0.469 e. The molecule has 0 aliphatic rings. The fourth-order valence-corrected chi connectivity index (χ4v) is 2.77. The van der Waals surface area contributed by atoms with Gasteiger partial charge in [-0.3, -0.25) is 0 Å². The first-order chi connectivity index (χ1) is 9.86. The van der Waals surface area contributed by atoms with Gasteiger partial charge >= 0.3 is 0 Å². The average Bonchev–Trinajstić information content (AvgIpc) is 2.90. The van der Waals surface area contributed by atoms with Gasteiger partial charge in [-0.15, -0.1) is 0 Å². The van der Waals surface area contributed by atoms with Gasteiger partial charge in [-0.05, 0) is 43.7 Å². The summed E-state index contributed by atoms with van der Waals surface area (Å²) in [7, 11) is -3.64. The Hall–Kier alpha value is -1.63. The first-order valence-electron chi connectivity index (χ1n) is 6.77. The number of nitrogens with one attached hydrogen (secondary N) is 1. The number of primary sulfonamides is 1. The van der Waals surface area contributed by atoms with Gasteiger partial charge in [0.05, 0.1) is 11.2 Å². The van der Waals surface area contributed by atoms with Crippen molar-refractivity contribution >= 4 is 10.0 Å². The highest BCUT2D eigenvalue weighted by Gasteiger charge is 2.13. The van der Waals surface area contributed by atoms with E-state index in [1.54, 1.807) is 18.4 Å². The molecule has 0 aliphatic heterocycles. The second-order valence-electron chi connectivity index (χ2n) is 5.19. The SMILES string of the molecule is CC(Cc1ccco1)NC(C)c1ccc(S(N)(=O)=O)cc1. The van der Waals surface area contributed by atoms with Gasteiger partial charge in [-0.25, -0.2) is 13.6 Å². The van der Waals surface area contributed by atoms with Crippen LogP contribution in [0.2, 0.25) is 0 Å². The predicted molar refractivity (Wildman–Crippen MR) is 81.2 cm³/mol. The van der Waals surface area contributed by atoms with E-state index >= 15 is 0 Å². The molecular formula is C15H20N2O3S. The quantitative estimate of drug-likeness (QED) is 0.856. The predicted octanol–water partition coefficient (Wildman–Crippen LogP) is 2.21. The maximum atomic E-state index is 11.2. The van der Waals surface area contributed by atoms with Gasteiger partial charge in [0.15, 0.2) is 0 Å². The molecule has 0 bridgehead atoms. The third kappa shape index (κ3) is 4.42. The highest BCUT2D eigenvalue weighted by atomic mass is 32.2. The molecular weight excluding hydrogens is 288 g/mol. The Morgan fingerprint density at radius 1 is 1.19 bits per heavy atom. The first-order valence-corrected chi connectivity index (χ1v) is 8.32. The van der Waals surface area contributed by atoms with Crippen LogP contribution in [0, 0.1) is 0 Å². The Balaban J connectivity index is 1.98. The topological polar surface area (TPSA) is 85.3 Å². The van der Waals surface area contributed by atoms with E-state index in [1.807, 2.05) is 19.1 Å². The molecule has 1 aromatic carbocycles. The molecule has 2 rings (SSSR count). The lowest BCUT2D eigenvalue weighted by Crippen LogP contribution is -2.30. The minimum atomic E-state index is -3.64. The lowest BCUT2D eigenvalue weighted by Gasteiger charge is -2.20. The summed E-state index contributed by atoms with van der Waals surface area (Å²) in [5.41, 5.74) is 1.01. The van der Waals surface area contributed by atoms with E-state index in [9.17, 15) is 8.42 Å². The molecule has 2 aromatic rings. The van der Waals surface area contributed by atoms with Crippen LogP contribution in [-0.4, -0.2) is 14.5 Å². The van der Waals surface area contributed by atoms with Crippen LogP contribution in [0.15, 0.2) is 52.0 Å². The second kappa shape index (κ2) is 6.43. The van der Waals surface area contributed by atoms with E-state index in [0.29, 0.717) is 0 Å². The van der Waals surface area contributed by atoms with Crippen LogP contribution in [0.1, 0.15) is 31.2 Å². The van der Waals surface area contributed by atoms with E-state index in [2.05, 4.69) is 12.2 Å². The molecule has 0 amide bonds. The van der Waals surface area contributed by atoms with Gasteiger partial charge < -0.3 is 9.73 Å². The van der Waals surface area contributed by atoms with Crippen molar-refractivity contribution in [2.75, 3.05) is 0 Å². The molecule has 3 N–H and O–H groups in total. The van der Waals surface area contributed by atoms with Gasteiger partial charge in [-0.1, -0.05) is 12.1 Å². The summed E-state index contributed by atoms with van der Waals surface area (Å²) < 4.78 is 27.8. The van der Waals surface area contributed by atoms with Crippen molar-refractivity contribution in [2.45, 2.75) is 37.2 Å². The Morgan fingerprint density at radius 2 is 1.86 bits per heavy atom. The third-order valence-electron chi connectivity index (χ3n) is 3.33. The van der Waals surface area contributed by atoms with Crippen LogP contribution in [0.3, 0.4) is 0 Å². The molecule has 0 spiro atoms. The lowest BCUT2D eigenvalue weighted by molar-refractivity contribution is 0.429. The Bertz CT molecular complexity index is 663. The van der Waals surface area contributed by atoms with Gasteiger partial charge in [0.1, 0.15) is 5.76 Å². The molecule has 0 saturated heterocycles. The van der Waals surface area contributed by atoms with Gasteiger partial charge in [0.25, 0.3) is 0 Å². The summed E-state index contributed by atoms with van der Waals surface area (Å²) in [6, 6.07) is 10.8. The second-order valence-corrected chi connectivity index (χ2v) is 6.75. The molecule has 6 heteroatoms. The Kier molecular flexibility index (Phi) is 4.82. The monoisotopic (exact) mass is 308 g/mol. The van der Waals surface area contributed by atoms with E-state index in [4.69, 9.17) is 9.56 Å². The molecule has 0 aliphatic carbocycles. The van der Waals surface area contributed by atoms with Gasteiger partial charge in [0, 0.05) is 18.5 Å². The number of hydrogen-bond acceptors (Lipinski definition) is 4. The molecule has 1 aromatic heterocycles. The van der Waals surface area contributed by atoms with E-state index in [1.165, 1.54) is 12.1 Å². The smallest absolute Gasteiger partial charge is 0.238 e. The van der Waals surface area contributed by atoms with Crippen LogP contribution < -0.4 is 10.5 Å². The normalized spacial score (nSPS) is 14.8. The van der Waals surface area contributed by atoms with Gasteiger partial charge in [-0.2, -0.15) is 0 Å². The number of hydrogen-bond donors (Lipinski definition) is 2. The molecule has 2 unspecified atom stereocenters. The van der Waals surface area contributed by atoms with Crippen molar-refractivity contribution in [2.24, 2.45) is 5.14 Å². The molecule has 0 saturated carbocycles. The van der Waals surface area contributed by atoms with E-state index in [-0.39, 0.29) is 17.0 Å². The van der Waals surface area contributed by atoms with Crippen molar-refractivity contribution in [3.05, 3.63) is 54.0 Å². The van der Waals surface area contributed by atoms with E-state index in [0.717, 1.165) is 17.7 Å². The summed E-state index contributed by atoms with van der Waals surface area (Å²) >= 11 is 0. The molecule has 114 valence electrons. The number of benzene rings is 1. The summed E-state index contributed by atoms with van der Waals surface area (Å²) in [5.74, 6) is 0.937. The molecule has 5 nitrogen and oxygen atoms in total. The zero-order valence-electron chi connectivity index (χ0n) is 12.1. The highest BCUT2D eigenvalue weighted by molar-refractivity contribution is 7.89. The van der Waals surface area contributed by atoms with Crippen LogP contribution in [0.25, 0.3) is 0 Å². The minimum absolute atomic E-state index is 0.101. The van der Waals surface area contributed by atoms with Crippen molar-refractivity contribution in [1.82, 2.24) is 5.32 Å². The maximum absolute atomic E-state index is 11.2. The number of furan rings is 1. The van der Waals surface area contributed by atoms with Crippen LogP contribution in [0.5, 0.6) is 0 Å². The van der Waals surface area contributed by atoms with Crippen LogP contribution in [0.4, 0.5) is 0 Å². The minimum Gasteiger partial charge on any atom is -0.469 e. The molecule has 0 fully saturated rings. The number of nitrogens with two attached hydrogens (primary N) is 1. The molecule has 0 radical (unpaired) electrons. The van der Waals surface area contributed by atoms with Crippen molar-refractivity contribution in [1.29, 1.82) is 0 Å². The van der Waals surface area contributed by atoms with Crippen molar-refractivity contribution < 1.29 is 12.8 Å². The summed E-state index contributed by atoms with van der Waals surface area (Å²) in [6.07, 6.45) is 2.46. The summed E-state index contributed by atoms with van der Waals surface area (Å²) in [4.78, 5) is 0.127. The summed E-state index contributed by atoms with van der Waals surface area (Å²) in [5, 5.41) is 8.54. The summed E-state index contributed by atoms with van der Waals surface area (Å²) in [6.45, 7) is 4.11. The zero-order chi connectivity index (χ0) is 15.5. The fourth-order valence-electron chi connectivity index (χ4n) is 2.26. The third-order valence-corrected chi connectivity index (χ3v) is 4.26. The molecule has 1 heterocycles.